The van der Waals surface area contributed by atoms with Crippen LogP contribution in [0.3, 0.4) is 0 Å². The summed E-state index contributed by atoms with van der Waals surface area (Å²) < 4.78 is 65.8. The number of ketones is 1. The van der Waals surface area contributed by atoms with E-state index in [2.05, 4.69) is 4.98 Å². The summed E-state index contributed by atoms with van der Waals surface area (Å²) in [5.74, 6) is -2.39. The second-order valence-electron chi connectivity index (χ2n) is 12.0. The van der Waals surface area contributed by atoms with Crippen molar-refractivity contribution in [2.75, 3.05) is 39.5 Å². The van der Waals surface area contributed by atoms with Gasteiger partial charge in [-0.15, -0.1) is 0 Å². The summed E-state index contributed by atoms with van der Waals surface area (Å²) in [4.78, 5) is 20.2. The standard InChI is InChI=1S/C35H37F4N3O2/c1-22-14-28-27-10-5-6-11-31(27)40-33(28)34(42(22)19-26(37)21-44-20-23-8-3-2-4-9-23)32-29(38)15-24(16-30(32)39)35(43)25-17-41(18-25)13-7-12-36/h2-6,8-11,15-16,22,25-26,34,40H,7,12-14,17-21H2,1H3/t22-,26-,34-/m1/s1. The monoisotopic (exact) mass is 607 g/mol. The molecule has 0 amide bonds. The van der Waals surface area contributed by atoms with Gasteiger partial charge in [-0.25, -0.2) is 13.2 Å². The quantitative estimate of drug-likeness (QED) is 0.142. The van der Waals surface area contributed by atoms with Crippen LogP contribution in [0, 0.1) is 17.6 Å². The first-order valence-corrected chi connectivity index (χ1v) is 15.3. The predicted octanol–water partition coefficient (Wildman–Crippen LogP) is 6.81. The molecule has 9 heteroatoms. The van der Waals surface area contributed by atoms with Crippen molar-refractivity contribution in [1.29, 1.82) is 0 Å². The van der Waals surface area contributed by atoms with E-state index < -0.39 is 30.5 Å². The molecule has 0 spiro atoms. The van der Waals surface area contributed by atoms with Gasteiger partial charge >= 0.3 is 0 Å². The molecule has 2 aliphatic rings. The number of Topliss-reactive ketones (excluding diaryl/α,β-unsaturated/α-hetero) is 1. The molecule has 5 nitrogen and oxygen atoms in total. The molecule has 0 unspecified atom stereocenters. The van der Waals surface area contributed by atoms with Gasteiger partial charge in [0.2, 0.25) is 0 Å². The molecule has 4 aromatic rings. The van der Waals surface area contributed by atoms with Crippen molar-refractivity contribution in [2.45, 2.75) is 44.6 Å². The summed E-state index contributed by atoms with van der Waals surface area (Å²) in [6, 6.07) is 18.3. The van der Waals surface area contributed by atoms with Gasteiger partial charge < -0.3 is 14.6 Å². The molecule has 1 fully saturated rings. The van der Waals surface area contributed by atoms with Crippen LogP contribution in [0.25, 0.3) is 10.9 Å². The molecule has 0 radical (unpaired) electrons. The molecule has 3 aromatic carbocycles. The SMILES string of the molecule is C[C@@H]1Cc2c([nH]c3ccccc23)[C@@H](c2c(F)cc(C(=O)C3CN(CCCF)C3)cc2F)N1C[C@@H](F)COCc1ccccc1. The van der Waals surface area contributed by atoms with Crippen molar-refractivity contribution in [3.8, 4) is 0 Å². The zero-order valence-electron chi connectivity index (χ0n) is 24.7. The third kappa shape index (κ3) is 6.18. The number of rotatable bonds is 12. The molecule has 0 aliphatic carbocycles. The number of nitrogens with zero attached hydrogens (tertiary/aromatic N) is 2. The summed E-state index contributed by atoms with van der Waals surface area (Å²) in [6.45, 7) is 2.97. The highest BCUT2D eigenvalue weighted by molar-refractivity contribution is 5.98. The first-order chi connectivity index (χ1) is 21.3. The van der Waals surface area contributed by atoms with Gasteiger partial charge in [-0.2, -0.15) is 0 Å². The number of alkyl halides is 2. The first kappa shape index (κ1) is 30.5. The van der Waals surface area contributed by atoms with E-state index in [1.807, 2.05) is 66.4 Å². The summed E-state index contributed by atoms with van der Waals surface area (Å²) in [5, 5.41) is 0.969. The molecule has 2 aliphatic heterocycles. The molecule has 3 atom stereocenters. The van der Waals surface area contributed by atoms with Crippen molar-refractivity contribution in [3.63, 3.8) is 0 Å². The molecule has 1 N–H and O–H groups in total. The van der Waals surface area contributed by atoms with Gasteiger partial charge in [0.05, 0.1) is 25.9 Å². The molecule has 1 saturated heterocycles. The van der Waals surface area contributed by atoms with E-state index in [-0.39, 0.29) is 48.6 Å². The van der Waals surface area contributed by atoms with Crippen molar-refractivity contribution in [3.05, 3.63) is 106 Å². The number of aromatic amines is 1. The predicted molar refractivity (Wildman–Crippen MR) is 162 cm³/mol. The van der Waals surface area contributed by atoms with Gasteiger partial charge in [0.25, 0.3) is 0 Å². The van der Waals surface area contributed by atoms with E-state index in [0.29, 0.717) is 38.2 Å². The van der Waals surface area contributed by atoms with Crippen molar-refractivity contribution in [2.24, 2.45) is 5.92 Å². The average molecular weight is 608 g/mol. The number of halogens is 4. The van der Waals surface area contributed by atoms with Crippen LogP contribution in [-0.2, 0) is 17.8 Å². The Balaban J connectivity index is 1.28. The highest BCUT2D eigenvalue weighted by Gasteiger charge is 2.40. The van der Waals surface area contributed by atoms with Crippen LogP contribution < -0.4 is 0 Å². The topological polar surface area (TPSA) is 48.6 Å². The van der Waals surface area contributed by atoms with Crippen molar-refractivity contribution >= 4 is 16.7 Å². The minimum Gasteiger partial charge on any atom is -0.374 e. The first-order valence-electron chi connectivity index (χ1n) is 15.3. The lowest BCUT2D eigenvalue weighted by atomic mass is 9.86. The Morgan fingerprint density at radius 1 is 1.05 bits per heavy atom. The fourth-order valence-electron chi connectivity index (χ4n) is 6.69. The summed E-state index contributed by atoms with van der Waals surface area (Å²) in [5.41, 5.74) is 3.11. The Hall–Kier alpha value is -3.53. The minimum atomic E-state index is -1.40. The molecule has 0 saturated carbocycles. The van der Waals surface area contributed by atoms with E-state index in [1.54, 1.807) is 4.90 Å². The number of para-hydroxylation sites is 1. The van der Waals surface area contributed by atoms with Crippen LogP contribution in [0.4, 0.5) is 17.6 Å². The molecular weight excluding hydrogens is 570 g/mol. The highest BCUT2D eigenvalue weighted by Crippen LogP contribution is 2.43. The number of fused-ring (bicyclic) bond motifs is 3. The molecule has 232 valence electrons. The lowest BCUT2D eigenvalue weighted by Crippen LogP contribution is -2.50. The molecular formula is C35H37F4N3O2. The number of nitrogens with one attached hydrogen (secondary N) is 1. The van der Waals surface area contributed by atoms with E-state index in [1.165, 1.54) is 0 Å². The van der Waals surface area contributed by atoms with Gasteiger partial charge in [-0.1, -0.05) is 48.5 Å². The Morgan fingerprint density at radius 2 is 1.75 bits per heavy atom. The summed E-state index contributed by atoms with van der Waals surface area (Å²) in [7, 11) is 0. The maximum atomic E-state index is 16.1. The third-order valence-electron chi connectivity index (χ3n) is 8.91. The number of hydrogen-bond acceptors (Lipinski definition) is 4. The number of benzene rings is 3. The molecule has 1 aromatic heterocycles. The number of carbonyl (C=O) groups excluding carboxylic acids is 1. The Kier molecular flexibility index (Phi) is 9.16. The van der Waals surface area contributed by atoms with Crippen LogP contribution in [-0.4, -0.2) is 72.2 Å². The number of carbonyl (C=O) groups is 1. The van der Waals surface area contributed by atoms with Crippen LogP contribution >= 0.6 is 0 Å². The van der Waals surface area contributed by atoms with Gasteiger partial charge in [0.15, 0.2) is 5.78 Å². The lowest BCUT2D eigenvalue weighted by molar-refractivity contribution is 0.0327. The maximum Gasteiger partial charge on any atom is 0.168 e. The summed E-state index contributed by atoms with van der Waals surface area (Å²) in [6.07, 6.45) is -0.432. The number of hydrogen-bond donors (Lipinski definition) is 1. The van der Waals surface area contributed by atoms with E-state index in [4.69, 9.17) is 4.74 Å². The van der Waals surface area contributed by atoms with Crippen molar-refractivity contribution in [1.82, 2.24) is 14.8 Å². The molecule has 0 bridgehead atoms. The van der Waals surface area contributed by atoms with E-state index in [9.17, 15) is 9.18 Å². The largest absolute Gasteiger partial charge is 0.374 e. The molecule has 6 rings (SSSR count). The van der Waals surface area contributed by atoms with E-state index in [0.717, 1.165) is 34.2 Å². The average Bonchev–Trinajstić information content (AvgIpc) is 3.36. The number of ether oxygens (including phenoxy) is 1. The third-order valence-corrected chi connectivity index (χ3v) is 8.91. The molecule has 3 heterocycles. The lowest BCUT2D eigenvalue weighted by Gasteiger charge is -2.41. The number of likely N-dealkylation sites (tertiary alicyclic amines) is 1. The van der Waals surface area contributed by atoms with Crippen LogP contribution in [0.2, 0.25) is 0 Å². The normalized spacial score (nSPS) is 20.0. The molecule has 44 heavy (non-hydrogen) atoms. The summed E-state index contributed by atoms with van der Waals surface area (Å²) >= 11 is 0. The van der Waals surface area contributed by atoms with Gasteiger partial charge in [-0.3, -0.25) is 14.1 Å². The fraction of sp³-hybridized carbons (Fsp3) is 0.400. The zero-order valence-corrected chi connectivity index (χ0v) is 24.7. The Bertz CT molecular complexity index is 1580. The van der Waals surface area contributed by atoms with Crippen LogP contribution in [0.5, 0.6) is 0 Å². The number of H-pyrrole nitrogens is 1. The minimum absolute atomic E-state index is 0.0242. The smallest absolute Gasteiger partial charge is 0.168 e. The second-order valence-corrected chi connectivity index (χ2v) is 12.0. The van der Waals surface area contributed by atoms with Gasteiger partial charge in [-0.05, 0) is 49.1 Å². The van der Waals surface area contributed by atoms with E-state index >= 15 is 13.2 Å². The van der Waals surface area contributed by atoms with Crippen LogP contribution in [0.1, 0.15) is 52.1 Å². The highest BCUT2D eigenvalue weighted by atomic mass is 19.1. The zero-order chi connectivity index (χ0) is 30.8. The Morgan fingerprint density at radius 3 is 2.48 bits per heavy atom. The number of aromatic nitrogens is 1. The maximum absolute atomic E-state index is 16.1. The van der Waals surface area contributed by atoms with Gasteiger partial charge in [0, 0.05) is 65.9 Å². The van der Waals surface area contributed by atoms with Crippen LogP contribution in [0.15, 0.2) is 66.7 Å². The second kappa shape index (κ2) is 13.2. The van der Waals surface area contributed by atoms with Crippen molar-refractivity contribution < 1.29 is 27.1 Å². The van der Waals surface area contributed by atoms with Gasteiger partial charge in [0.1, 0.15) is 17.8 Å². The fourth-order valence-corrected chi connectivity index (χ4v) is 6.69. The Labute approximate surface area is 254 Å².